The molecule has 68 valence electrons. The van der Waals surface area contributed by atoms with Crippen molar-refractivity contribution in [2.24, 2.45) is 5.16 Å². The molecule has 0 atom stereocenters. The number of hydrogen-bond acceptors (Lipinski definition) is 4. The standard InChI is InChI=1S/C8H7NO3S/c10-13(11)8-4-2-1-3-7(8)5-6-9-12-13/h1-4,6H,5H2. The molecule has 1 aliphatic rings. The molecule has 13 heavy (non-hydrogen) atoms. The van der Waals surface area contributed by atoms with E-state index in [0.29, 0.717) is 12.0 Å². The minimum absolute atomic E-state index is 0.201. The molecule has 0 bridgehead atoms. The van der Waals surface area contributed by atoms with Crippen molar-refractivity contribution < 1.29 is 12.7 Å². The Hall–Kier alpha value is -1.36. The van der Waals surface area contributed by atoms with Crippen molar-refractivity contribution in [3.63, 3.8) is 0 Å². The van der Waals surface area contributed by atoms with Crippen LogP contribution in [0.1, 0.15) is 5.56 Å². The average molecular weight is 197 g/mol. The minimum Gasteiger partial charge on any atom is -0.265 e. The summed E-state index contributed by atoms with van der Waals surface area (Å²) in [5.74, 6) is 0. The monoisotopic (exact) mass is 197 g/mol. The molecule has 0 spiro atoms. The molecule has 0 saturated carbocycles. The van der Waals surface area contributed by atoms with Crippen molar-refractivity contribution in [2.45, 2.75) is 11.3 Å². The summed E-state index contributed by atoms with van der Waals surface area (Å²) >= 11 is 0. The summed E-state index contributed by atoms with van der Waals surface area (Å²) in [6.07, 6.45) is 1.92. The predicted molar refractivity (Wildman–Crippen MR) is 46.9 cm³/mol. The fourth-order valence-corrected chi connectivity index (χ4v) is 2.15. The SMILES string of the molecule is O=S1(=O)ON=CCc2ccccc21. The topological polar surface area (TPSA) is 55.7 Å². The van der Waals surface area contributed by atoms with Crippen LogP contribution in [-0.2, 0) is 20.8 Å². The van der Waals surface area contributed by atoms with E-state index in [1.807, 2.05) is 0 Å². The third-order valence-electron chi connectivity index (χ3n) is 1.77. The van der Waals surface area contributed by atoms with E-state index < -0.39 is 10.1 Å². The van der Waals surface area contributed by atoms with Crippen molar-refractivity contribution in [1.29, 1.82) is 0 Å². The van der Waals surface area contributed by atoms with Gasteiger partial charge in [0, 0.05) is 12.6 Å². The Morgan fingerprint density at radius 3 is 2.92 bits per heavy atom. The highest BCUT2D eigenvalue weighted by molar-refractivity contribution is 7.86. The lowest BCUT2D eigenvalue weighted by molar-refractivity contribution is 0.342. The van der Waals surface area contributed by atoms with Gasteiger partial charge in [-0.15, -0.1) is 0 Å². The number of oxime groups is 1. The van der Waals surface area contributed by atoms with Crippen LogP contribution in [0.5, 0.6) is 0 Å². The molecule has 0 radical (unpaired) electrons. The fourth-order valence-electron chi connectivity index (χ4n) is 1.18. The van der Waals surface area contributed by atoms with Crippen molar-refractivity contribution in [2.75, 3.05) is 0 Å². The van der Waals surface area contributed by atoms with Gasteiger partial charge in [0.2, 0.25) is 0 Å². The summed E-state index contributed by atoms with van der Waals surface area (Å²) in [5.41, 5.74) is 0.712. The zero-order chi connectivity index (χ0) is 9.31. The summed E-state index contributed by atoms with van der Waals surface area (Å²) in [4.78, 5) is 0.201. The molecule has 0 unspecified atom stereocenters. The van der Waals surface area contributed by atoms with E-state index in [-0.39, 0.29) is 4.90 Å². The van der Waals surface area contributed by atoms with Gasteiger partial charge in [0.05, 0.1) is 0 Å². The van der Waals surface area contributed by atoms with E-state index in [0.717, 1.165) is 0 Å². The summed E-state index contributed by atoms with van der Waals surface area (Å²) in [6, 6.07) is 6.70. The van der Waals surface area contributed by atoms with Gasteiger partial charge in [0.1, 0.15) is 4.90 Å². The van der Waals surface area contributed by atoms with E-state index >= 15 is 0 Å². The largest absolute Gasteiger partial charge is 0.358 e. The first-order chi connectivity index (χ1) is 6.20. The highest BCUT2D eigenvalue weighted by Gasteiger charge is 2.20. The molecule has 1 aliphatic heterocycles. The van der Waals surface area contributed by atoms with E-state index in [2.05, 4.69) is 9.44 Å². The molecular formula is C8H7NO3S. The molecule has 0 N–H and O–H groups in total. The Bertz CT molecular complexity index is 450. The minimum atomic E-state index is -3.68. The van der Waals surface area contributed by atoms with Crippen LogP contribution in [0.25, 0.3) is 0 Å². The first kappa shape index (κ1) is 8.25. The lowest BCUT2D eigenvalue weighted by Gasteiger charge is -2.01. The van der Waals surface area contributed by atoms with Gasteiger partial charge in [-0.1, -0.05) is 23.4 Å². The summed E-state index contributed by atoms with van der Waals surface area (Å²) < 4.78 is 27.1. The van der Waals surface area contributed by atoms with Gasteiger partial charge >= 0.3 is 10.1 Å². The molecule has 2 rings (SSSR count). The lowest BCUT2D eigenvalue weighted by Crippen LogP contribution is -2.03. The molecule has 0 aromatic heterocycles. The lowest BCUT2D eigenvalue weighted by atomic mass is 10.2. The van der Waals surface area contributed by atoms with E-state index in [1.54, 1.807) is 18.2 Å². The Kier molecular flexibility index (Phi) is 1.81. The fraction of sp³-hybridized carbons (Fsp3) is 0.125. The molecule has 4 nitrogen and oxygen atoms in total. The highest BCUT2D eigenvalue weighted by atomic mass is 32.2. The number of benzene rings is 1. The smallest absolute Gasteiger partial charge is 0.265 e. The molecule has 0 aliphatic carbocycles. The number of rotatable bonds is 0. The van der Waals surface area contributed by atoms with Crippen LogP contribution in [0, 0.1) is 0 Å². The quantitative estimate of drug-likeness (QED) is 0.621. The van der Waals surface area contributed by atoms with Gasteiger partial charge in [-0.2, -0.15) is 8.42 Å². The van der Waals surface area contributed by atoms with Crippen molar-refractivity contribution in [3.8, 4) is 0 Å². The van der Waals surface area contributed by atoms with Gasteiger partial charge in [-0.25, -0.2) is 0 Å². The molecule has 1 aromatic carbocycles. The molecule has 5 heteroatoms. The summed E-state index contributed by atoms with van der Waals surface area (Å²) in [6.45, 7) is 0. The first-order valence-corrected chi connectivity index (χ1v) is 5.14. The van der Waals surface area contributed by atoms with Crippen LogP contribution < -0.4 is 0 Å². The molecule has 1 aromatic rings. The van der Waals surface area contributed by atoms with Crippen LogP contribution >= 0.6 is 0 Å². The first-order valence-electron chi connectivity index (χ1n) is 3.73. The molecule has 0 saturated heterocycles. The van der Waals surface area contributed by atoms with Crippen molar-refractivity contribution >= 4 is 16.3 Å². The summed E-state index contributed by atoms with van der Waals surface area (Å²) in [5, 5.41) is 3.33. The zero-order valence-electron chi connectivity index (χ0n) is 6.67. The van der Waals surface area contributed by atoms with E-state index in [1.165, 1.54) is 12.3 Å². The van der Waals surface area contributed by atoms with Crippen molar-refractivity contribution in [3.05, 3.63) is 29.8 Å². The Balaban J connectivity index is 2.68. The highest BCUT2D eigenvalue weighted by Crippen LogP contribution is 2.19. The number of hydrogen-bond donors (Lipinski definition) is 0. The van der Waals surface area contributed by atoms with Crippen LogP contribution in [0.15, 0.2) is 34.3 Å². The molecule has 0 amide bonds. The van der Waals surface area contributed by atoms with Crippen LogP contribution in [0.4, 0.5) is 0 Å². The number of nitrogens with zero attached hydrogens (tertiary/aromatic N) is 1. The molecule has 1 heterocycles. The number of fused-ring (bicyclic) bond motifs is 1. The molecular weight excluding hydrogens is 190 g/mol. The van der Waals surface area contributed by atoms with Crippen LogP contribution in [0.3, 0.4) is 0 Å². The second kappa shape index (κ2) is 2.85. The Morgan fingerprint density at radius 1 is 1.31 bits per heavy atom. The second-order valence-electron chi connectivity index (χ2n) is 2.63. The zero-order valence-corrected chi connectivity index (χ0v) is 7.49. The van der Waals surface area contributed by atoms with E-state index in [4.69, 9.17) is 0 Å². The van der Waals surface area contributed by atoms with Crippen molar-refractivity contribution in [1.82, 2.24) is 0 Å². The normalized spacial score (nSPS) is 18.5. The van der Waals surface area contributed by atoms with Gasteiger partial charge in [-0.3, -0.25) is 4.28 Å². The Labute approximate surface area is 76.0 Å². The van der Waals surface area contributed by atoms with E-state index in [9.17, 15) is 8.42 Å². The van der Waals surface area contributed by atoms with Gasteiger partial charge < -0.3 is 0 Å². The molecule has 0 fully saturated rings. The van der Waals surface area contributed by atoms with Gasteiger partial charge in [0.15, 0.2) is 0 Å². The Morgan fingerprint density at radius 2 is 2.08 bits per heavy atom. The predicted octanol–water partition coefficient (Wildman–Crippen LogP) is 0.934. The maximum absolute atomic E-state index is 11.4. The maximum atomic E-state index is 11.4. The maximum Gasteiger partial charge on any atom is 0.358 e. The second-order valence-corrected chi connectivity index (χ2v) is 4.13. The summed E-state index contributed by atoms with van der Waals surface area (Å²) in [7, 11) is -3.68. The van der Waals surface area contributed by atoms with Crippen LogP contribution in [0.2, 0.25) is 0 Å². The third-order valence-corrected chi connectivity index (χ3v) is 2.99. The van der Waals surface area contributed by atoms with Gasteiger partial charge in [-0.05, 0) is 11.6 Å². The average Bonchev–Trinajstić information content (AvgIpc) is 2.26. The third kappa shape index (κ3) is 1.42. The van der Waals surface area contributed by atoms with Gasteiger partial charge in [0.25, 0.3) is 0 Å². The van der Waals surface area contributed by atoms with Crippen LogP contribution in [-0.4, -0.2) is 14.6 Å².